The number of ether oxygens (including phenoxy) is 2. The summed E-state index contributed by atoms with van der Waals surface area (Å²) in [6, 6.07) is 0. The second kappa shape index (κ2) is 60.9. The van der Waals surface area contributed by atoms with Crippen LogP contribution in [0.15, 0.2) is 109 Å². The molecule has 5 heteroatoms. The number of aliphatic hydroxyl groups is 1. The lowest BCUT2D eigenvalue weighted by Gasteiger charge is -2.15. The first kappa shape index (κ1) is 67.6. The molecule has 0 fully saturated rings. The first-order chi connectivity index (χ1) is 35.1. The van der Waals surface area contributed by atoms with Gasteiger partial charge in [-0.3, -0.25) is 9.59 Å². The fraction of sp³-hybridized carbons (Fsp3) is 0.697. The van der Waals surface area contributed by atoms with Gasteiger partial charge in [-0.1, -0.05) is 271 Å². The van der Waals surface area contributed by atoms with Gasteiger partial charge in [-0.25, -0.2) is 0 Å². The van der Waals surface area contributed by atoms with Crippen molar-refractivity contribution in [3.05, 3.63) is 109 Å². The standard InChI is InChI=1S/C66H112O5/c1-3-5-7-9-11-13-15-17-19-21-22-23-24-25-26-27-28-29-30-31-32-33-34-35-36-37-38-39-40-41-42-43-44-45-47-49-51-53-55-57-59-61-66(69)71-64(62-67)63-70-65(68)60-58-56-54-52-50-48-46-20-18-16-14-12-10-8-6-4-2/h5,7,11,13-14,16-17,19-20,22-23,25-26,28-29,31-32,46,64,67H,3-4,6,8-10,12,15,18,21,24,27,30,33-45,47-63H2,1-2H3/b7-5-,13-11-,16-14-,19-17-,23-22-,26-25-,29-28-,32-31-,46-20-. The number of unbranched alkanes of at least 4 members (excludes halogenated alkanes) is 28. The van der Waals surface area contributed by atoms with Crippen LogP contribution < -0.4 is 0 Å². The van der Waals surface area contributed by atoms with Gasteiger partial charge in [0.15, 0.2) is 6.10 Å². The summed E-state index contributed by atoms with van der Waals surface area (Å²) in [6.07, 6.45) is 88.0. The molecule has 0 amide bonds. The van der Waals surface area contributed by atoms with Crippen molar-refractivity contribution >= 4 is 11.9 Å². The van der Waals surface area contributed by atoms with Crippen LogP contribution in [0.25, 0.3) is 0 Å². The third-order valence-corrected chi connectivity index (χ3v) is 12.8. The average Bonchev–Trinajstić information content (AvgIpc) is 3.37. The van der Waals surface area contributed by atoms with Crippen molar-refractivity contribution in [3.8, 4) is 0 Å². The fourth-order valence-corrected chi connectivity index (χ4v) is 8.33. The summed E-state index contributed by atoms with van der Waals surface area (Å²) in [7, 11) is 0. The van der Waals surface area contributed by atoms with Crippen molar-refractivity contribution in [2.75, 3.05) is 13.2 Å². The van der Waals surface area contributed by atoms with Crippen LogP contribution in [0.3, 0.4) is 0 Å². The second-order valence-corrected chi connectivity index (χ2v) is 19.7. The topological polar surface area (TPSA) is 72.8 Å². The SMILES string of the molecule is CC/C=C\C/C=C\C/C=C\C/C=C\C/C=C\C/C=C\C/C=C\CCCCCCCCCCCCCCCCCCCCCC(=O)OC(CO)COC(=O)CCCCCCC/C=C\C/C=C\CCCCCC. The molecule has 1 unspecified atom stereocenters. The molecule has 0 heterocycles. The normalized spacial score (nSPS) is 13.0. The summed E-state index contributed by atoms with van der Waals surface area (Å²) < 4.78 is 10.7. The van der Waals surface area contributed by atoms with E-state index in [1.807, 2.05) is 0 Å². The molecule has 0 rings (SSSR count). The van der Waals surface area contributed by atoms with E-state index in [0.29, 0.717) is 12.8 Å². The van der Waals surface area contributed by atoms with E-state index < -0.39 is 6.10 Å². The van der Waals surface area contributed by atoms with Gasteiger partial charge < -0.3 is 14.6 Å². The molecule has 0 aliphatic rings. The minimum Gasteiger partial charge on any atom is -0.462 e. The lowest BCUT2D eigenvalue weighted by atomic mass is 10.0. The molecule has 0 saturated heterocycles. The Balaban J connectivity index is 3.47. The van der Waals surface area contributed by atoms with Gasteiger partial charge >= 0.3 is 11.9 Å². The van der Waals surface area contributed by atoms with Crippen molar-refractivity contribution < 1.29 is 24.2 Å². The molecule has 0 saturated carbocycles. The van der Waals surface area contributed by atoms with Crippen molar-refractivity contribution in [2.24, 2.45) is 0 Å². The maximum atomic E-state index is 12.3. The molecule has 5 nitrogen and oxygen atoms in total. The summed E-state index contributed by atoms with van der Waals surface area (Å²) in [4.78, 5) is 24.5. The molecule has 0 radical (unpaired) electrons. The van der Waals surface area contributed by atoms with Crippen LogP contribution >= 0.6 is 0 Å². The summed E-state index contributed by atoms with van der Waals surface area (Å²) in [6.45, 7) is 4.01. The van der Waals surface area contributed by atoms with E-state index in [1.54, 1.807) is 0 Å². The van der Waals surface area contributed by atoms with E-state index in [2.05, 4.69) is 123 Å². The average molecular weight is 986 g/mol. The van der Waals surface area contributed by atoms with E-state index >= 15 is 0 Å². The Morgan fingerprint density at radius 1 is 0.338 bits per heavy atom. The molecule has 0 aliphatic heterocycles. The first-order valence-electron chi connectivity index (χ1n) is 29.9. The molecule has 0 spiro atoms. The van der Waals surface area contributed by atoms with Gasteiger partial charge in [-0.15, -0.1) is 0 Å². The third kappa shape index (κ3) is 59.0. The van der Waals surface area contributed by atoms with Crippen LogP contribution in [0.2, 0.25) is 0 Å². The zero-order valence-corrected chi connectivity index (χ0v) is 46.5. The second-order valence-electron chi connectivity index (χ2n) is 19.7. The largest absolute Gasteiger partial charge is 0.462 e. The van der Waals surface area contributed by atoms with Crippen molar-refractivity contribution in [2.45, 2.75) is 283 Å². The van der Waals surface area contributed by atoms with Crippen LogP contribution in [0.5, 0.6) is 0 Å². The highest BCUT2D eigenvalue weighted by molar-refractivity contribution is 5.70. The predicted octanol–water partition coefficient (Wildman–Crippen LogP) is 20.5. The van der Waals surface area contributed by atoms with Gasteiger partial charge in [-0.05, 0) is 103 Å². The van der Waals surface area contributed by atoms with E-state index in [-0.39, 0.29) is 25.2 Å². The molecular weight excluding hydrogens is 873 g/mol. The van der Waals surface area contributed by atoms with Crippen LogP contribution in [0.1, 0.15) is 277 Å². The number of hydrogen-bond donors (Lipinski definition) is 1. The monoisotopic (exact) mass is 985 g/mol. The zero-order valence-electron chi connectivity index (χ0n) is 46.5. The van der Waals surface area contributed by atoms with Crippen molar-refractivity contribution in [1.82, 2.24) is 0 Å². The maximum Gasteiger partial charge on any atom is 0.306 e. The van der Waals surface area contributed by atoms with Gasteiger partial charge in [0.25, 0.3) is 0 Å². The first-order valence-corrected chi connectivity index (χ1v) is 29.9. The van der Waals surface area contributed by atoms with E-state index in [1.165, 1.54) is 154 Å². The molecule has 0 aromatic rings. The Kier molecular flexibility index (Phi) is 57.9. The Hall–Kier alpha value is -3.44. The Labute approximate surface area is 440 Å². The van der Waals surface area contributed by atoms with Gasteiger partial charge in [0, 0.05) is 12.8 Å². The van der Waals surface area contributed by atoms with Gasteiger partial charge in [0.05, 0.1) is 6.61 Å². The van der Waals surface area contributed by atoms with Crippen LogP contribution in [-0.4, -0.2) is 36.4 Å². The van der Waals surface area contributed by atoms with E-state index in [9.17, 15) is 14.7 Å². The summed E-state index contributed by atoms with van der Waals surface area (Å²) in [5.41, 5.74) is 0. The zero-order chi connectivity index (χ0) is 51.3. The smallest absolute Gasteiger partial charge is 0.306 e. The molecule has 1 N–H and O–H groups in total. The molecule has 1 atom stereocenters. The third-order valence-electron chi connectivity index (χ3n) is 12.8. The molecule has 406 valence electrons. The predicted molar refractivity (Wildman–Crippen MR) is 311 cm³/mol. The van der Waals surface area contributed by atoms with Crippen LogP contribution in [0, 0.1) is 0 Å². The highest BCUT2D eigenvalue weighted by Crippen LogP contribution is 2.16. The summed E-state index contributed by atoms with van der Waals surface area (Å²) in [5, 5.41) is 9.64. The van der Waals surface area contributed by atoms with Crippen LogP contribution in [0.4, 0.5) is 0 Å². The Morgan fingerprint density at radius 3 is 0.915 bits per heavy atom. The number of rotatable bonds is 54. The minimum absolute atomic E-state index is 0.0743. The van der Waals surface area contributed by atoms with Crippen molar-refractivity contribution in [3.63, 3.8) is 0 Å². The summed E-state index contributed by atoms with van der Waals surface area (Å²) in [5.74, 6) is -0.602. The molecule has 0 bridgehead atoms. The van der Waals surface area contributed by atoms with Gasteiger partial charge in [0.2, 0.25) is 0 Å². The van der Waals surface area contributed by atoms with E-state index in [4.69, 9.17) is 9.47 Å². The number of esters is 2. The fourth-order valence-electron chi connectivity index (χ4n) is 8.33. The van der Waals surface area contributed by atoms with Crippen LogP contribution in [-0.2, 0) is 19.1 Å². The van der Waals surface area contributed by atoms with E-state index in [0.717, 1.165) is 96.3 Å². The highest BCUT2D eigenvalue weighted by Gasteiger charge is 2.16. The number of hydrogen-bond acceptors (Lipinski definition) is 5. The number of aliphatic hydroxyl groups excluding tert-OH is 1. The maximum absolute atomic E-state index is 12.3. The Morgan fingerprint density at radius 2 is 0.606 bits per heavy atom. The van der Waals surface area contributed by atoms with Crippen molar-refractivity contribution in [1.29, 1.82) is 0 Å². The quantitative estimate of drug-likeness (QED) is 0.0373. The lowest BCUT2D eigenvalue weighted by Crippen LogP contribution is -2.28. The number of carbonyl (C=O) groups is 2. The molecule has 0 aromatic heterocycles. The number of carbonyl (C=O) groups excluding carboxylic acids is 2. The highest BCUT2D eigenvalue weighted by atomic mass is 16.6. The van der Waals surface area contributed by atoms with Gasteiger partial charge in [-0.2, -0.15) is 0 Å². The summed E-state index contributed by atoms with van der Waals surface area (Å²) >= 11 is 0. The molecule has 0 aliphatic carbocycles. The minimum atomic E-state index is -0.781. The Bertz CT molecular complexity index is 1390. The van der Waals surface area contributed by atoms with Gasteiger partial charge in [0.1, 0.15) is 6.61 Å². The molecular formula is C66H112O5. The number of allylic oxidation sites excluding steroid dienone is 18. The molecule has 71 heavy (non-hydrogen) atoms. The molecule has 0 aromatic carbocycles. The lowest BCUT2D eigenvalue weighted by molar-refractivity contribution is -0.161.